The smallest absolute Gasteiger partial charge is 0.300 e. The van der Waals surface area contributed by atoms with Gasteiger partial charge in [0.05, 0.1) is 11.5 Å². The Bertz CT molecular complexity index is 1310. The first-order chi connectivity index (χ1) is 20.7. The zero-order chi connectivity index (χ0) is 33.2. The molecule has 2 atom stereocenters. The third-order valence-corrected chi connectivity index (χ3v) is 5.64. The summed E-state index contributed by atoms with van der Waals surface area (Å²) in [6.45, 7) is 4.36. The molecule has 2 aromatic rings. The van der Waals surface area contributed by atoms with Crippen LogP contribution in [0.3, 0.4) is 0 Å². The van der Waals surface area contributed by atoms with Crippen LogP contribution in [0.4, 0.5) is 11.4 Å². The molecule has 238 valence electrons. The van der Waals surface area contributed by atoms with E-state index in [9.17, 15) is 29.3 Å². The maximum atomic E-state index is 12.9. The molecule has 0 unspecified atom stereocenters. The average Bonchev–Trinajstić information content (AvgIpc) is 2.96. The third kappa shape index (κ3) is 14.4. The molecule has 0 aliphatic heterocycles. The Morgan fingerprint density at radius 1 is 0.955 bits per heavy atom. The number of non-ortho nitro benzene ring substituents is 1. The fraction of sp³-hybridized carbons (Fsp3) is 0.357. The van der Waals surface area contributed by atoms with Crippen LogP contribution in [0.15, 0.2) is 59.6 Å². The highest BCUT2D eigenvalue weighted by atomic mass is 16.6. The molecule has 0 aromatic heterocycles. The van der Waals surface area contributed by atoms with Gasteiger partial charge in [-0.1, -0.05) is 32.0 Å². The summed E-state index contributed by atoms with van der Waals surface area (Å²) >= 11 is 0. The molecule has 0 fully saturated rings. The Morgan fingerprint density at radius 2 is 1.55 bits per heavy atom. The molecule has 0 saturated heterocycles. The van der Waals surface area contributed by atoms with Crippen molar-refractivity contribution in [3.63, 3.8) is 0 Å². The van der Waals surface area contributed by atoms with Gasteiger partial charge >= 0.3 is 0 Å². The molecule has 0 aliphatic rings. The second-order valence-corrected chi connectivity index (χ2v) is 9.66. The number of carboxylic acids is 1. The van der Waals surface area contributed by atoms with Crippen molar-refractivity contribution < 1.29 is 34.0 Å². The number of amides is 4. The molecule has 9 N–H and O–H groups in total. The van der Waals surface area contributed by atoms with Crippen molar-refractivity contribution >= 4 is 46.9 Å². The number of nitrogens with two attached hydrogens (primary N) is 2. The van der Waals surface area contributed by atoms with Crippen LogP contribution in [0.5, 0.6) is 0 Å². The SMILES string of the molecule is CC(=O)O.CC(C)[C@H](NC(=O)c1ccccc1)C(=O)NCC(=O)N[C@@H](CCCN=C(N)N)C(=O)Nc1ccc([N+](=O)[O-])cc1. The van der Waals surface area contributed by atoms with E-state index in [1.807, 2.05) is 0 Å². The minimum atomic E-state index is -1.02. The van der Waals surface area contributed by atoms with E-state index >= 15 is 0 Å². The van der Waals surface area contributed by atoms with Gasteiger partial charge in [-0.15, -0.1) is 0 Å². The van der Waals surface area contributed by atoms with E-state index in [1.165, 1.54) is 24.3 Å². The van der Waals surface area contributed by atoms with E-state index in [0.717, 1.165) is 6.92 Å². The van der Waals surface area contributed by atoms with Gasteiger partial charge in [0.2, 0.25) is 17.7 Å². The van der Waals surface area contributed by atoms with Crippen LogP contribution in [0.25, 0.3) is 0 Å². The molecule has 2 aromatic carbocycles. The largest absolute Gasteiger partial charge is 0.481 e. The molecule has 16 heteroatoms. The van der Waals surface area contributed by atoms with E-state index in [2.05, 4.69) is 26.3 Å². The number of carbonyl (C=O) groups excluding carboxylic acids is 4. The molecule has 0 radical (unpaired) electrons. The maximum Gasteiger partial charge on any atom is 0.300 e. The number of carbonyl (C=O) groups is 5. The minimum Gasteiger partial charge on any atom is -0.481 e. The zero-order valence-corrected chi connectivity index (χ0v) is 24.6. The summed E-state index contributed by atoms with van der Waals surface area (Å²) in [5.41, 5.74) is 11.2. The molecule has 16 nitrogen and oxygen atoms in total. The van der Waals surface area contributed by atoms with Crippen LogP contribution in [0.1, 0.15) is 44.0 Å². The summed E-state index contributed by atoms with van der Waals surface area (Å²) < 4.78 is 0. The summed E-state index contributed by atoms with van der Waals surface area (Å²) in [6.07, 6.45) is 0.515. The molecule has 0 spiro atoms. The van der Waals surface area contributed by atoms with Gasteiger partial charge in [-0.2, -0.15) is 0 Å². The average molecular weight is 615 g/mol. The fourth-order valence-electron chi connectivity index (χ4n) is 3.54. The van der Waals surface area contributed by atoms with Crippen LogP contribution >= 0.6 is 0 Å². The third-order valence-electron chi connectivity index (χ3n) is 5.64. The summed E-state index contributed by atoms with van der Waals surface area (Å²) in [5.74, 6) is -3.43. The van der Waals surface area contributed by atoms with Crippen molar-refractivity contribution in [3.05, 3.63) is 70.3 Å². The number of aliphatic carboxylic acids is 1. The highest BCUT2D eigenvalue weighted by molar-refractivity contribution is 5.99. The van der Waals surface area contributed by atoms with Crippen molar-refractivity contribution in [1.82, 2.24) is 16.0 Å². The van der Waals surface area contributed by atoms with E-state index in [4.69, 9.17) is 21.4 Å². The Morgan fingerprint density at radius 3 is 2.07 bits per heavy atom. The predicted octanol–water partition coefficient (Wildman–Crippen LogP) is 0.733. The molecule has 0 bridgehead atoms. The number of nitrogens with zero attached hydrogens (tertiary/aromatic N) is 2. The number of benzene rings is 2. The van der Waals surface area contributed by atoms with Crippen molar-refractivity contribution in [2.45, 2.75) is 45.7 Å². The Kier molecular flexibility index (Phi) is 15.6. The van der Waals surface area contributed by atoms with E-state index in [1.54, 1.807) is 44.2 Å². The first-order valence-electron chi connectivity index (χ1n) is 13.4. The van der Waals surface area contributed by atoms with E-state index < -0.39 is 53.1 Å². The number of hydrogen-bond donors (Lipinski definition) is 7. The van der Waals surface area contributed by atoms with E-state index in [0.29, 0.717) is 17.7 Å². The van der Waals surface area contributed by atoms with Gasteiger partial charge in [-0.3, -0.25) is 39.1 Å². The van der Waals surface area contributed by atoms with Crippen LogP contribution in [-0.4, -0.2) is 70.8 Å². The highest BCUT2D eigenvalue weighted by Gasteiger charge is 2.26. The van der Waals surface area contributed by atoms with Gasteiger partial charge in [0.15, 0.2) is 5.96 Å². The van der Waals surface area contributed by atoms with Gasteiger partial charge in [0, 0.05) is 36.9 Å². The standard InChI is InChI=1S/C26H34N8O6.C2H4O2/c1-16(2)22(33-23(36)17-7-4-3-5-8-17)25(38)30-15-21(35)32-20(9-6-14-29-26(27)28)24(37)31-18-10-12-19(13-11-18)34(39)40;1-2(3)4/h3-5,7-8,10-13,16,20,22H,6,9,14-15H2,1-2H3,(H,30,38)(H,31,37)(H,32,35)(H,33,36)(H4,27,28,29);1H3,(H,3,4)/t20-,22-;/m0./s1. The van der Waals surface area contributed by atoms with Crippen LogP contribution in [-0.2, 0) is 19.2 Å². The van der Waals surface area contributed by atoms with Crippen LogP contribution in [0.2, 0.25) is 0 Å². The molecular formula is C28H38N8O8. The number of guanidine groups is 1. The van der Waals surface area contributed by atoms with Crippen molar-refractivity contribution in [2.24, 2.45) is 22.4 Å². The Hall–Kier alpha value is -5.54. The number of hydrogen-bond acceptors (Lipinski definition) is 8. The van der Waals surface area contributed by atoms with Crippen molar-refractivity contribution in [3.8, 4) is 0 Å². The molecule has 2 rings (SSSR count). The van der Waals surface area contributed by atoms with Gasteiger partial charge in [0.25, 0.3) is 17.6 Å². The number of anilines is 1. The lowest BCUT2D eigenvalue weighted by Gasteiger charge is -2.22. The lowest BCUT2D eigenvalue weighted by molar-refractivity contribution is -0.384. The first kappa shape index (κ1) is 36.5. The van der Waals surface area contributed by atoms with Crippen molar-refractivity contribution in [2.75, 3.05) is 18.4 Å². The molecule has 0 saturated carbocycles. The number of carboxylic acid groups (broad SMARTS) is 1. The van der Waals surface area contributed by atoms with Gasteiger partial charge in [-0.25, -0.2) is 0 Å². The summed E-state index contributed by atoms with van der Waals surface area (Å²) in [4.78, 5) is 74.0. The monoisotopic (exact) mass is 614 g/mol. The van der Waals surface area contributed by atoms with Gasteiger partial charge in [0.1, 0.15) is 12.1 Å². The van der Waals surface area contributed by atoms with Gasteiger partial charge in [-0.05, 0) is 43.0 Å². The molecular weight excluding hydrogens is 576 g/mol. The number of nitro benzene ring substituents is 1. The lowest BCUT2D eigenvalue weighted by atomic mass is 10.0. The van der Waals surface area contributed by atoms with Gasteiger partial charge < -0.3 is 37.8 Å². The summed E-state index contributed by atoms with van der Waals surface area (Å²) in [7, 11) is 0. The van der Waals surface area contributed by atoms with Crippen molar-refractivity contribution in [1.29, 1.82) is 0 Å². The normalized spacial score (nSPS) is 11.5. The Labute approximate surface area is 253 Å². The van der Waals surface area contributed by atoms with E-state index in [-0.39, 0.29) is 30.5 Å². The topological polar surface area (TPSA) is 261 Å². The number of nitro groups is 1. The quantitative estimate of drug-likeness (QED) is 0.0516. The summed E-state index contributed by atoms with van der Waals surface area (Å²) in [6, 6.07) is 11.7. The molecule has 44 heavy (non-hydrogen) atoms. The number of rotatable bonds is 14. The second-order valence-electron chi connectivity index (χ2n) is 9.66. The van der Waals surface area contributed by atoms with Crippen LogP contribution < -0.4 is 32.7 Å². The predicted molar refractivity (Wildman–Crippen MR) is 162 cm³/mol. The fourth-order valence-corrected chi connectivity index (χ4v) is 3.54. The Balaban J connectivity index is 0.00000227. The minimum absolute atomic E-state index is 0.113. The second kappa shape index (κ2) is 18.8. The summed E-state index contributed by atoms with van der Waals surface area (Å²) in [5, 5.41) is 28.6. The first-order valence-corrected chi connectivity index (χ1v) is 13.4. The number of nitrogens with one attached hydrogen (secondary N) is 4. The number of aliphatic imine (C=N–C) groups is 1. The zero-order valence-electron chi connectivity index (χ0n) is 24.6. The molecule has 0 heterocycles. The lowest BCUT2D eigenvalue weighted by Crippen LogP contribution is -2.53. The maximum absolute atomic E-state index is 12.9. The highest BCUT2D eigenvalue weighted by Crippen LogP contribution is 2.16. The molecule has 4 amide bonds. The van der Waals surface area contributed by atoms with Crippen LogP contribution in [0, 0.1) is 16.0 Å². The molecule has 0 aliphatic carbocycles.